The van der Waals surface area contributed by atoms with E-state index < -0.39 is 0 Å². The average Bonchev–Trinajstić information content (AvgIpc) is 3.20. The van der Waals surface area contributed by atoms with Crippen LogP contribution in [-0.2, 0) is 11.3 Å². The van der Waals surface area contributed by atoms with Crippen molar-refractivity contribution in [1.82, 2.24) is 0 Å². The normalized spacial score (nSPS) is 14.4. The number of rotatable bonds is 7. The third-order valence-corrected chi connectivity index (χ3v) is 4.97. The minimum atomic E-state index is -0.107. The number of likely N-dealkylation sites (tertiary alicyclic amines) is 1. The summed E-state index contributed by atoms with van der Waals surface area (Å²) in [4.78, 5) is 25.2. The fraction of sp³-hybridized carbons (Fsp3) is 0.304. The molecule has 0 saturated carbocycles. The molecule has 0 aliphatic carbocycles. The lowest BCUT2D eigenvalue weighted by atomic mass is 10.0. The van der Waals surface area contributed by atoms with E-state index in [2.05, 4.69) is 5.32 Å². The average molecular weight is 379 g/mol. The number of allylic oxidation sites excluding steroid dienone is 1. The van der Waals surface area contributed by atoms with Crippen LogP contribution in [0.15, 0.2) is 48.5 Å². The van der Waals surface area contributed by atoms with Crippen molar-refractivity contribution in [1.29, 1.82) is 0 Å². The van der Waals surface area contributed by atoms with Gasteiger partial charge in [-0.25, -0.2) is 0 Å². The van der Waals surface area contributed by atoms with Gasteiger partial charge in [-0.3, -0.25) is 9.59 Å². The molecule has 28 heavy (non-hydrogen) atoms. The molecule has 0 radical (unpaired) electrons. The molecular weight excluding hydrogens is 352 g/mol. The summed E-state index contributed by atoms with van der Waals surface area (Å²) >= 11 is 0. The van der Waals surface area contributed by atoms with Gasteiger partial charge < -0.3 is 15.0 Å². The van der Waals surface area contributed by atoms with E-state index in [1.54, 1.807) is 19.3 Å². The standard InChI is InChI=1S/C23H26N2O3/c1-17(26)24-21-9-5-18(6-10-21)7-11-22(27)19-8-12-23(28-2)20(15-19)16-25-13-3-4-14-25/h5-12,15H,3-4,13-14,16H2,1-2H3,(H,24,26)/p+1/b11-7+. The lowest BCUT2D eigenvalue weighted by Crippen LogP contribution is -3.08. The monoisotopic (exact) mass is 379 g/mol. The van der Waals surface area contributed by atoms with Crippen LogP contribution in [0, 0.1) is 0 Å². The first-order valence-electron chi connectivity index (χ1n) is 9.65. The molecule has 1 aliphatic heterocycles. The second kappa shape index (κ2) is 9.33. The largest absolute Gasteiger partial charge is 0.496 e. The number of benzene rings is 2. The van der Waals surface area contributed by atoms with Gasteiger partial charge in [-0.1, -0.05) is 18.2 Å². The Balaban J connectivity index is 1.70. The number of ketones is 1. The topological polar surface area (TPSA) is 59.8 Å². The minimum Gasteiger partial charge on any atom is -0.496 e. The number of amides is 1. The Kier molecular flexibility index (Phi) is 6.61. The van der Waals surface area contributed by atoms with Crippen LogP contribution in [0.1, 0.15) is 41.3 Å². The van der Waals surface area contributed by atoms with Crippen molar-refractivity contribution in [3.8, 4) is 5.75 Å². The van der Waals surface area contributed by atoms with Crippen LogP contribution in [0.2, 0.25) is 0 Å². The molecule has 1 fully saturated rings. The second-order valence-corrected chi connectivity index (χ2v) is 7.16. The van der Waals surface area contributed by atoms with Gasteiger partial charge in [0.25, 0.3) is 0 Å². The van der Waals surface area contributed by atoms with E-state index in [9.17, 15) is 9.59 Å². The van der Waals surface area contributed by atoms with Crippen molar-refractivity contribution in [2.75, 3.05) is 25.5 Å². The van der Waals surface area contributed by atoms with E-state index >= 15 is 0 Å². The van der Waals surface area contributed by atoms with Gasteiger partial charge in [0.15, 0.2) is 5.78 Å². The van der Waals surface area contributed by atoms with Gasteiger partial charge in [-0.15, -0.1) is 0 Å². The number of ether oxygens (including phenoxy) is 1. The molecular formula is C23H27N2O3+. The summed E-state index contributed by atoms with van der Waals surface area (Å²) in [6, 6.07) is 13.0. The summed E-state index contributed by atoms with van der Waals surface area (Å²) in [7, 11) is 1.67. The molecule has 1 saturated heterocycles. The molecule has 0 bridgehead atoms. The first kappa shape index (κ1) is 19.8. The summed E-state index contributed by atoms with van der Waals surface area (Å²) in [5.41, 5.74) is 3.39. The minimum absolute atomic E-state index is 0.0359. The molecule has 2 aromatic carbocycles. The van der Waals surface area contributed by atoms with Crippen LogP contribution in [0.3, 0.4) is 0 Å². The van der Waals surface area contributed by atoms with E-state index in [0.717, 1.165) is 29.1 Å². The van der Waals surface area contributed by atoms with Crippen LogP contribution in [-0.4, -0.2) is 31.9 Å². The lowest BCUT2D eigenvalue weighted by molar-refractivity contribution is -0.901. The molecule has 5 heteroatoms. The maximum Gasteiger partial charge on any atom is 0.221 e. The van der Waals surface area contributed by atoms with Gasteiger partial charge >= 0.3 is 0 Å². The summed E-state index contributed by atoms with van der Waals surface area (Å²) in [6.07, 6.45) is 5.90. The fourth-order valence-electron chi connectivity index (χ4n) is 3.54. The molecule has 2 N–H and O–H groups in total. The molecule has 0 spiro atoms. The Morgan fingerprint density at radius 1 is 1.11 bits per heavy atom. The molecule has 1 aliphatic rings. The first-order chi connectivity index (χ1) is 13.5. The third-order valence-electron chi connectivity index (χ3n) is 4.97. The van der Waals surface area contributed by atoms with Crippen LogP contribution in [0.5, 0.6) is 5.75 Å². The number of nitrogens with one attached hydrogen (secondary N) is 2. The molecule has 5 nitrogen and oxygen atoms in total. The van der Waals surface area contributed by atoms with Crippen LogP contribution in [0.4, 0.5) is 5.69 Å². The number of methoxy groups -OCH3 is 1. The number of hydrogen-bond donors (Lipinski definition) is 2. The fourth-order valence-corrected chi connectivity index (χ4v) is 3.54. The Morgan fingerprint density at radius 3 is 2.46 bits per heavy atom. The molecule has 0 aromatic heterocycles. The van der Waals surface area contributed by atoms with E-state index in [1.165, 1.54) is 37.8 Å². The molecule has 146 valence electrons. The highest BCUT2D eigenvalue weighted by atomic mass is 16.5. The van der Waals surface area contributed by atoms with Crippen molar-refractivity contribution >= 4 is 23.5 Å². The van der Waals surface area contributed by atoms with Crippen LogP contribution in [0.25, 0.3) is 6.08 Å². The van der Waals surface area contributed by atoms with E-state index in [4.69, 9.17) is 4.74 Å². The Labute approximate surface area is 166 Å². The van der Waals surface area contributed by atoms with Gasteiger partial charge in [0, 0.05) is 36.6 Å². The number of carbonyl (C=O) groups is 2. The van der Waals surface area contributed by atoms with Crippen molar-refractivity contribution in [2.24, 2.45) is 0 Å². The van der Waals surface area contributed by atoms with Crippen molar-refractivity contribution in [3.63, 3.8) is 0 Å². The Morgan fingerprint density at radius 2 is 1.82 bits per heavy atom. The summed E-state index contributed by atoms with van der Waals surface area (Å²) in [5, 5.41) is 2.73. The Bertz CT molecular complexity index is 866. The van der Waals surface area contributed by atoms with Gasteiger partial charge in [0.05, 0.1) is 20.2 Å². The van der Waals surface area contributed by atoms with Crippen molar-refractivity contribution in [3.05, 3.63) is 65.2 Å². The van der Waals surface area contributed by atoms with Gasteiger partial charge in [0.1, 0.15) is 12.3 Å². The zero-order valence-corrected chi connectivity index (χ0v) is 16.5. The van der Waals surface area contributed by atoms with Gasteiger partial charge in [-0.05, 0) is 42.0 Å². The molecule has 1 heterocycles. The molecule has 1 amide bonds. The van der Waals surface area contributed by atoms with E-state index in [0.29, 0.717) is 5.56 Å². The van der Waals surface area contributed by atoms with Crippen LogP contribution >= 0.6 is 0 Å². The highest BCUT2D eigenvalue weighted by molar-refractivity contribution is 6.07. The van der Waals surface area contributed by atoms with Gasteiger partial charge in [-0.2, -0.15) is 0 Å². The lowest BCUT2D eigenvalue weighted by Gasteiger charge is -2.15. The van der Waals surface area contributed by atoms with E-state index in [1.807, 2.05) is 42.5 Å². The van der Waals surface area contributed by atoms with Crippen molar-refractivity contribution in [2.45, 2.75) is 26.3 Å². The summed E-state index contributed by atoms with van der Waals surface area (Å²) < 4.78 is 5.49. The third kappa shape index (κ3) is 5.30. The van der Waals surface area contributed by atoms with E-state index in [-0.39, 0.29) is 11.7 Å². The second-order valence-electron chi connectivity index (χ2n) is 7.16. The maximum atomic E-state index is 12.6. The highest BCUT2D eigenvalue weighted by Gasteiger charge is 2.18. The number of carbonyl (C=O) groups excluding carboxylic acids is 2. The smallest absolute Gasteiger partial charge is 0.221 e. The number of hydrogen-bond acceptors (Lipinski definition) is 3. The predicted octanol–water partition coefficient (Wildman–Crippen LogP) is 2.73. The predicted molar refractivity (Wildman–Crippen MR) is 111 cm³/mol. The highest BCUT2D eigenvalue weighted by Crippen LogP contribution is 2.20. The first-order valence-corrected chi connectivity index (χ1v) is 9.65. The molecule has 3 rings (SSSR count). The Hall–Kier alpha value is -2.92. The SMILES string of the molecule is COc1ccc(C(=O)/C=C/c2ccc(NC(C)=O)cc2)cc1C[NH+]1CCCC1. The zero-order chi connectivity index (χ0) is 19.9. The number of quaternary nitrogens is 1. The molecule has 2 aromatic rings. The van der Waals surface area contributed by atoms with Gasteiger partial charge in [0.2, 0.25) is 5.91 Å². The maximum absolute atomic E-state index is 12.6. The molecule has 0 atom stereocenters. The molecule has 0 unspecified atom stereocenters. The summed E-state index contributed by atoms with van der Waals surface area (Å²) in [6.45, 7) is 4.71. The quantitative estimate of drug-likeness (QED) is 0.574. The number of anilines is 1. The zero-order valence-electron chi connectivity index (χ0n) is 16.5. The summed E-state index contributed by atoms with van der Waals surface area (Å²) in [5.74, 6) is 0.698. The van der Waals surface area contributed by atoms with Crippen LogP contribution < -0.4 is 15.0 Å². The van der Waals surface area contributed by atoms with Crippen molar-refractivity contribution < 1.29 is 19.2 Å².